The first-order chi connectivity index (χ1) is 13.7. The normalized spacial score (nSPS) is 10.8. The van der Waals surface area contributed by atoms with Crippen molar-refractivity contribution in [2.24, 2.45) is 0 Å². The van der Waals surface area contributed by atoms with E-state index in [2.05, 4.69) is 15.3 Å². The Bertz CT molecular complexity index is 1010. The first kappa shape index (κ1) is 23.1. The van der Waals surface area contributed by atoms with Gasteiger partial charge >= 0.3 is 88.1 Å². The molecule has 0 spiro atoms. The summed E-state index contributed by atoms with van der Waals surface area (Å²) < 4.78 is 29.8. The van der Waals surface area contributed by atoms with E-state index >= 15 is 0 Å². The van der Waals surface area contributed by atoms with Crippen molar-refractivity contribution in [2.45, 2.75) is 22.6 Å². The fourth-order valence-electron chi connectivity index (χ4n) is 2.04. The van der Waals surface area contributed by atoms with Crippen LogP contribution in [-0.4, -0.2) is 48.5 Å². The number of amides is 1. The summed E-state index contributed by atoms with van der Waals surface area (Å²) in [6.45, 7) is 1.18. The molecule has 1 amide bonds. The summed E-state index contributed by atoms with van der Waals surface area (Å²) in [5, 5.41) is 20.5. The SMILES string of the molecule is CC(=O)Nc1c(O)cccc1[As](=O)(O)O.OCc1ncsc1Sc1ccncc1. The van der Waals surface area contributed by atoms with E-state index in [1.54, 1.807) is 41.0 Å². The molecule has 0 saturated heterocycles. The minimum absolute atomic E-state index is 0.00306. The molecule has 0 bridgehead atoms. The van der Waals surface area contributed by atoms with Gasteiger partial charge in [-0.1, -0.05) is 11.8 Å². The summed E-state index contributed by atoms with van der Waals surface area (Å²) in [5.74, 6) is -0.880. The second-order valence-electron chi connectivity index (χ2n) is 5.43. The van der Waals surface area contributed by atoms with Crippen LogP contribution < -0.4 is 9.67 Å². The van der Waals surface area contributed by atoms with Crippen molar-refractivity contribution in [1.82, 2.24) is 9.97 Å². The third-order valence-corrected chi connectivity index (χ3v) is 7.48. The number of carbonyl (C=O) groups excluding carboxylic acids is 1. The van der Waals surface area contributed by atoms with Crippen LogP contribution in [0.3, 0.4) is 0 Å². The Morgan fingerprint density at radius 2 is 1.93 bits per heavy atom. The number of benzene rings is 1. The first-order valence-corrected chi connectivity index (χ1v) is 13.1. The maximum absolute atomic E-state index is 11.1. The average molecular weight is 499 g/mol. The first-order valence-electron chi connectivity index (χ1n) is 7.99. The van der Waals surface area contributed by atoms with Crippen molar-refractivity contribution >= 4 is 53.2 Å². The minimum atomic E-state index is -5.14. The van der Waals surface area contributed by atoms with Gasteiger partial charge in [-0.2, -0.15) is 0 Å². The fraction of sp³-hybridized carbons (Fsp3) is 0.118. The quantitative estimate of drug-likeness (QED) is 0.257. The third kappa shape index (κ3) is 7.00. The molecular weight excluding hydrogens is 481 g/mol. The monoisotopic (exact) mass is 499 g/mol. The van der Waals surface area contributed by atoms with Gasteiger partial charge in [0.15, 0.2) is 0 Å². The molecule has 0 saturated carbocycles. The van der Waals surface area contributed by atoms with Crippen LogP contribution in [0.5, 0.6) is 5.75 Å². The number of aliphatic hydroxyl groups is 1. The molecule has 0 aliphatic heterocycles. The molecule has 3 aromatic rings. The molecule has 0 fully saturated rings. The molecule has 0 unspecified atom stereocenters. The van der Waals surface area contributed by atoms with Gasteiger partial charge in [-0.15, -0.1) is 11.3 Å². The van der Waals surface area contributed by atoms with Gasteiger partial charge in [-0.25, -0.2) is 4.98 Å². The topological polar surface area (TPSA) is 153 Å². The van der Waals surface area contributed by atoms with Gasteiger partial charge in [0.1, 0.15) is 0 Å². The molecule has 0 radical (unpaired) electrons. The van der Waals surface area contributed by atoms with E-state index in [1.807, 2.05) is 12.1 Å². The van der Waals surface area contributed by atoms with Crippen LogP contribution in [0.15, 0.2) is 57.3 Å². The summed E-state index contributed by atoms with van der Waals surface area (Å²) in [6.07, 6.45) is 3.50. The number of rotatable bonds is 5. The van der Waals surface area contributed by atoms with Gasteiger partial charge in [-0.3, -0.25) is 4.98 Å². The number of hydrogen-bond acceptors (Lipinski definition) is 8. The number of anilines is 1. The van der Waals surface area contributed by atoms with Crippen LogP contribution >= 0.6 is 23.1 Å². The van der Waals surface area contributed by atoms with Crippen molar-refractivity contribution in [2.75, 3.05) is 5.32 Å². The Balaban J connectivity index is 0.000000207. The van der Waals surface area contributed by atoms with Crippen LogP contribution in [0.4, 0.5) is 5.69 Å². The number of carbonyl (C=O) groups is 1. The maximum atomic E-state index is 11.1. The Kier molecular flexibility index (Phi) is 8.44. The van der Waals surface area contributed by atoms with Crippen molar-refractivity contribution < 1.29 is 26.9 Å². The van der Waals surface area contributed by atoms with Gasteiger partial charge in [0, 0.05) is 17.3 Å². The van der Waals surface area contributed by atoms with Gasteiger partial charge in [0.2, 0.25) is 0 Å². The van der Waals surface area contributed by atoms with Crippen molar-refractivity contribution in [1.29, 1.82) is 0 Å². The third-order valence-electron chi connectivity index (χ3n) is 3.25. The Morgan fingerprint density at radius 3 is 2.52 bits per heavy atom. The molecule has 0 aliphatic carbocycles. The molecular formula is C17H18AsN3O6S2. The van der Waals surface area contributed by atoms with E-state index in [4.69, 9.17) is 13.3 Å². The van der Waals surface area contributed by atoms with Crippen LogP contribution in [0, 0.1) is 0 Å². The predicted octanol–water partition coefficient (Wildman–Crippen LogP) is 1.09. The average Bonchev–Trinajstić information content (AvgIpc) is 3.10. The molecule has 3 rings (SSSR count). The smallest absolute Gasteiger partial charge is 0.0907 e. The van der Waals surface area contributed by atoms with Gasteiger partial charge in [0.25, 0.3) is 0 Å². The van der Waals surface area contributed by atoms with Crippen LogP contribution in [0.2, 0.25) is 0 Å². The standard InChI is InChI=1S/C9H8N2OS2.C8H10AsNO5/c12-5-8-9(13-6-11-8)14-7-1-3-10-4-2-7;1-5(11)10-8-6(9(13,14)15)3-2-4-7(8)12/h1-4,6,12H,5H2;2-4,12H,1H3,(H,10,11)(H2,13,14,15). The fourth-order valence-corrected chi connectivity index (χ4v) is 5.44. The van der Waals surface area contributed by atoms with Gasteiger partial charge < -0.3 is 5.11 Å². The van der Waals surface area contributed by atoms with Crippen molar-refractivity contribution in [3.8, 4) is 5.75 Å². The predicted molar refractivity (Wildman–Crippen MR) is 109 cm³/mol. The Hall–Kier alpha value is -2.14. The van der Waals surface area contributed by atoms with Crippen LogP contribution in [0.25, 0.3) is 0 Å². The van der Waals surface area contributed by atoms with Crippen LogP contribution in [0.1, 0.15) is 12.6 Å². The number of nitrogens with zero attached hydrogens (tertiary/aromatic N) is 2. The Labute approximate surface area is 177 Å². The summed E-state index contributed by atoms with van der Waals surface area (Å²) in [5.41, 5.74) is 2.27. The van der Waals surface area contributed by atoms with E-state index in [0.29, 0.717) is 0 Å². The van der Waals surface area contributed by atoms with E-state index in [9.17, 15) is 13.6 Å². The van der Waals surface area contributed by atoms with E-state index in [1.165, 1.54) is 25.1 Å². The zero-order valence-electron chi connectivity index (χ0n) is 15.1. The number of aromatic nitrogens is 2. The summed E-state index contributed by atoms with van der Waals surface area (Å²) in [7, 11) is 0. The zero-order valence-corrected chi connectivity index (χ0v) is 18.6. The number of hydrogen-bond donors (Lipinski definition) is 5. The summed E-state index contributed by atoms with van der Waals surface area (Å²) in [4.78, 5) is 19.9. The number of aliphatic hydroxyl groups excluding tert-OH is 1. The number of pyridine rings is 1. The van der Waals surface area contributed by atoms with Crippen molar-refractivity contribution in [3.63, 3.8) is 0 Å². The molecule has 1 aromatic carbocycles. The second-order valence-corrected chi connectivity index (χ2v) is 10.9. The van der Waals surface area contributed by atoms with Crippen molar-refractivity contribution in [3.05, 3.63) is 53.9 Å². The van der Waals surface area contributed by atoms with Gasteiger partial charge in [-0.05, 0) is 12.1 Å². The largest absolute Gasteiger partial charge is 0.390 e. The Morgan fingerprint density at radius 1 is 1.24 bits per heavy atom. The molecule has 9 nitrogen and oxygen atoms in total. The van der Waals surface area contributed by atoms with E-state index < -0.39 is 20.1 Å². The maximum Gasteiger partial charge on any atom is 0.0907 e. The minimum Gasteiger partial charge on any atom is -0.390 e. The molecule has 12 heteroatoms. The molecule has 0 atom stereocenters. The molecule has 0 aliphatic rings. The molecule has 5 N–H and O–H groups in total. The summed E-state index contributed by atoms with van der Waals surface area (Å²) in [6, 6.07) is 7.58. The number of phenols is 1. The number of nitrogens with one attached hydrogen (secondary N) is 1. The van der Waals surface area contributed by atoms with E-state index in [-0.39, 0.29) is 22.4 Å². The zero-order chi connectivity index (χ0) is 21.4. The summed E-state index contributed by atoms with van der Waals surface area (Å²) >= 11 is -2.00. The molecule has 2 aromatic heterocycles. The number of thiazole rings is 1. The van der Waals surface area contributed by atoms with Crippen LogP contribution in [-0.2, 0) is 15.1 Å². The second kappa shape index (κ2) is 10.6. The molecule has 154 valence electrons. The number of aromatic hydroxyl groups is 1. The number of para-hydroxylation sites is 1. The number of phenolic OH excluding ortho intramolecular Hbond substituents is 1. The molecule has 29 heavy (non-hydrogen) atoms. The molecule has 2 heterocycles. The van der Waals surface area contributed by atoms with E-state index in [0.717, 1.165) is 14.8 Å². The van der Waals surface area contributed by atoms with Gasteiger partial charge in [0.05, 0.1) is 22.0 Å².